The van der Waals surface area contributed by atoms with Gasteiger partial charge in [-0.15, -0.1) is 0 Å². The Morgan fingerprint density at radius 2 is 1.96 bits per heavy atom. The van der Waals surface area contributed by atoms with E-state index in [0.29, 0.717) is 6.61 Å². The van der Waals surface area contributed by atoms with Gasteiger partial charge in [0.2, 0.25) is 0 Å². The number of methoxy groups -OCH3 is 2. The predicted octanol–water partition coefficient (Wildman–Crippen LogP) is 4.09. The van der Waals surface area contributed by atoms with Gasteiger partial charge in [0, 0.05) is 6.08 Å². The zero-order chi connectivity index (χ0) is 17.6. The molecule has 1 aliphatic rings. The zero-order valence-electron chi connectivity index (χ0n) is 14.5. The molecule has 1 unspecified atom stereocenters. The molecule has 0 saturated carbocycles. The Bertz CT molecular complexity index is 762. The van der Waals surface area contributed by atoms with Crippen molar-refractivity contribution >= 4 is 12.0 Å². The second-order valence-corrected chi connectivity index (χ2v) is 6.00. The lowest BCUT2D eigenvalue weighted by Gasteiger charge is -2.14. The molecule has 0 aliphatic heterocycles. The van der Waals surface area contributed by atoms with Gasteiger partial charge in [0.25, 0.3) is 0 Å². The normalized spacial score (nSPS) is 16.0. The summed E-state index contributed by atoms with van der Waals surface area (Å²) in [6, 6.07) is 14.1. The average Bonchev–Trinajstić information content (AvgIpc) is 3.07. The Balaban J connectivity index is 1.67. The van der Waals surface area contributed by atoms with Crippen molar-refractivity contribution in [1.82, 2.24) is 0 Å². The molecular formula is C21H22O4. The van der Waals surface area contributed by atoms with Crippen LogP contribution in [0.4, 0.5) is 0 Å². The minimum absolute atomic E-state index is 0.0866. The highest BCUT2D eigenvalue weighted by Gasteiger charge is 2.23. The fourth-order valence-corrected chi connectivity index (χ4v) is 3.01. The number of hydrogen-bond acceptors (Lipinski definition) is 4. The van der Waals surface area contributed by atoms with Gasteiger partial charge in [-0.25, -0.2) is 4.79 Å². The van der Waals surface area contributed by atoms with Crippen LogP contribution < -0.4 is 4.74 Å². The molecular weight excluding hydrogens is 316 g/mol. The van der Waals surface area contributed by atoms with Crippen molar-refractivity contribution in [2.24, 2.45) is 0 Å². The van der Waals surface area contributed by atoms with Crippen LogP contribution in [0.25, 0.3) is 6.08 Å². The highest BCUT2D eigenvalue weighted by Crippen LogP contribution is 2.35. The van der Waals surface area contributed by atoms with Gasteiger partial charge in [-0.2, -0.15) is 0 Å². The molecule has 0 bridgehead atoms. The fraction of sp³-hybridized carbons (Fsp3) is 0.286. The van der Waals surface area contributed by atoms with E-state index in [0.717, 1.165) is 29.7 Å². The predicted molar refractivity (Wildman–Crippen MR) is 96.3 cm³/mol. The number of rotatable bonds is 6. The summed E-state index contributed by atoms with van der Waals surface area (Å²) in [5, 5.41) is 0. The van der Waals surface area contributed by atoms with Crippen LogP contribution in [-0.4, -0.2) is 20.2 Å². The number of carbonyl (C=O) groups is 1. The van der Waals surface area contributed by atoms with Crippen molar-refractivity contribution in [3.63, 3.8) is 0 Å². The number of aryl methyl sites for hydroxylation is 1. The van der Waals surface area contributed by atoms with E-state index >= 15 is 0 Å². The van der Waals surface area contributed by atoms with Crippen molar-refractivity contribution < 1.29 is 19.0 Å². The minimum atomic E-state index is -0.354. The Hall–Kier alpha value is -2.59. The van der Waals surface area contributed by atoms with Crippen molar-refractivity contribution in [3.8, 4) is 5.75 Å². The lowest BCUT2D eigenvalue weighted by Crippen LogP contribution is -2.01. The maximum atomic E-state index is 11.2. The molecule has 0 N–H and O–H groups in total. The monoisotopic (exact) mass is 338 g/mol. The van der Waals surface area contributed by atoms with Gasteiger partial charge in [0.15, 0.2) is 0 Å². The first-order chi connectivity index (χ1) is 12.2. The summed E-state index contributed by atoms with van der Waals surface area (Å²) in [7, 11) is 3.03. The second kappa shape index (κ2) is 7.99. The number of hydrogen-bond donors (Lipinski definition) is 0. The second-order valence-electron chi connectivity index (χ2n) is 6.00. The van der Waals surface area contributed by atoms with Crippen LogP contribution in [0.3, 0.4) is 0 Å². The molecule has 3 rings (SSSR count). The van der Waals surface area contributed by atoms with Gasteiger partial charge >= 0.3 is 5.97 Å². The van der Waals surface area contributed by atoms with Crippen LogP contribution in [0, 0.1) is 0 Å². The SMILES string of the molecule is COC(=O)/C=C/c1ccc2c(c1)C(OCc1ccc(OC)cc1)CC2. The van der Waals surface area contributed by atoms with Crippen LogP contribution in [0.2, 0.25) is 0 Å². The van der Waals surface area contributed by atoms with Gasteiger partial charge in [-0.3, -0.25) is 0 Å². The molecule has 25 heavy (non-hydrogen) atoms. The first-order valence-electron chi connectivity index (χ1n) is 8.33. The Morgan fingerprint density at radius 3 is 2.68 bits per heavy atom. The molecule has 0 amide bonds. The molecule has 0 saturated heterocycles. The van der Waals surface area contributed by atoms with Crippen LogP contribution in [0.5, 0.6) is 5.75 Å². The van der Waals surface area contributed by atoms with Gasteiger partial charge in [-0.05, 0) is 59.4 Å². The summed E-state index contributed by atoms with van der Waals surface area (Å²) in [6.45, 7) is 0.566. The molecule has 0 radical (unpaired) electrons. The van der Waals surface area contributed by atoms with Crippen molar-refractivity contribution in [2.45, 2.75) is 25.6 Å². The highest BCUT2D eigenvalue weighted by molar-refractivity contribution is 5.86. The average molecular weight is 338 g/mol. The van der Waals surface area contributed by atoms with Crippen molar-refractivity contribution in [3.05, 3.63) is 70.8 Å². The van der Waals surface area contributed by atoms with Crippen molar-refractivity contribution in [2.75, 3.05) is 14.2 Å². The molecule has 4 heteroatoms. The number of benzene rings is 2. The third kappa shape index (κ3) is 4.28. The lowest BCUT2D eigenvalue weighted by atomic mass is 10.0. The fourth-order valence-electron chi connectivity index (χ4n) is 3.01. The Morgan fingerprint density at radius 1 is 1.16 bits per heavy atom. The van der Waals surface area contributed by atoms with E-state index in [1.54, 1.807) is 13.2 Å². The summed E-state index contributed by atoms with van der Waals surface area (Å²) < 4.78 is 15.9. The molecule has 0 heterocycles. The summed E-state index contributed by atoms with van der Waals surface area (Å²) in [4.78, 5) is 11.2. The van der Waals surface area contributed by atoms with Crippen LogP contribution in [0.1, 0.15) is 34.8 Å². The first kappa shape index (κ1) is 17.2. The highest BCUT2D eigenvalue weighted by atomic mass is 16.5. The number of carbonyl (C=O) groups excluding carboxylic acids is 1. The van der Waals surface area contributed by atoms with Gasteiger partial charge in [0.1, 0.15) is 5.75 Å². The Kier molecular flexibility index (Phi) is 5.51. The van der Waals surface area contributed by atoms with Crippen LogP contribution in [-0.2, 0) is 27.3 Å². The molecule has 130 valence electrons. The quantitative estimate of drug-likeness (QED) is 0.588. The first-order valence-corrected chi connectivity index (χ1v) is 8.33. The van der Waals surface area contributed by atoms with E-state index in [4.69, 9.17) is 9.47 Å². The molecule has 1 atom stereocenters. The zero-order valence-corrected chi connectivity index (χ0v) is 14.5. The molecule has 0 fully saturated rings. The number of esters is 1. The molecule has 2 aromatic carbocycles. The van der Waals surface area contributed by atoms with Crippen LogP contribution in [0.15, 0.2) is 48.5 Å². The molecule has 4 nitrogen and oxygen atoms in total. The molecule has 1 aliphatic carbocycles. The summed E-state index contributed by atoms with van der Waals surface area (Å²) >= 11 is 0. The molecule has 2 aromatic rings. The number of fused-ring (bicyclic) bond motifs is 1. The van der Waals surface area contributed by atoms with E-state index in [1.807, 2.05) is 30.3 Å². The van der Waals surface area contributed by atoms with E-state index in [1.165, 1.54) is 24.3 Å². The van der Waals surface area contributed by atoms with Gasteiger partial charge < -0.3 is 14.2 Å². The smallest absolute Gasteiger partial charge is 0.330 e. The molecule has 0 aromatic heterocycles. The summed E-state index contributed by atoms with van der Waals surface area (Å²) in [6.07, 6.45) is 5.29. The lowest BCUT2D eigenvalue weighted by molar-refractivity contribution is -0.134. The third-order valence-electron chi connectivity index (χ3n) is 4.42. The van der Waals surface area contributed by atoms with E-state index < -0.39 is 0 Å². The van der Waals surface area contributed by atoms with E-state index in [-0.39, 0.29) is 12.1 Å². The maximum absolute atomic E-state index is 11.2. The standard InChI is InChI=1S/C21H22O4/c1-23-18-9-4-16(5-10-18)14-25-20-11-8-17-7-3-15(13-19(17)20)6-12-21(22)24-2/h3-7,9-10,12-13,20H,8,11,14H2,1-2H3/b12-6+. The summed E-state index contributed by atoms with van der Waals surface area (Å²) in [5.41, 5.74) is 4.62. The topological polar surface area (TPSA) is 44.8 Å². The molecule has 0 spiro atoms. The Labute approximate surface area is 148 Å². The van der Waals surface area contributed by atoms with E-state index in [9.17, 15) is 4.79 Å². The summed E-state index contributed by atoms with van der Waals surface area (Å²) in [5.74, 6) is 0.491. The van der Waals surface area contributed by atoms with Crippen LogP contribution >= 0.6 is 0 Å². The van der Waals surface area contributed by atoms with E-state index in [2.05, 4.69) is 16.9 Å². The van der Waals surface area contributed by atoms with Crippen molar-refractivity contribution in [1.29, 1.82) is 0 Å². The maximum Gasteiger partial charge on any atom is 0.330 e. The van der Waals surface area contributed by atoms with Gasteiger partial charge in [-0.1, -0.05) is 24.3 Å². The largest absolute Gasteiger partial charge is 0.497 e. The number of ether oxygens (including phenoxy) is 3. The minimum Gasteiger partial charge on any atom is -0.497 e. The van der Waals surface area contributed by atoms with Gasteiger partial charge in [0.05, 0.1) is 26.9 Å². The third-order valence-corrected chi connectivity index (χ3v) is 4.42.